The molecular formula is C6H14Cl2N2. The van der Waals surface area contributed by atoms with Gasteiger partial charge in [-0.15, -0.1) is 24.8 Å². The van der Waals surface area contributed by atoms with Gasteiger partial charge in [-0.3, -0.25) is 4.90 Å². The van der Waals surface area contributed by atoms with Crippen molar-refractivity contribution < 1.29 is 0 Å². The van der Waals surface area contributed by atoms with Crippen LogP contribution in [0.4, 0.5) is 0 Å². The lowest BCUT2D eigenvalue weighted by molar-refractivity contribution is 0.117. The van der Waals surface area contributed by atoms with E-state index >= 15 is 0 Å². The molecule has 3 saturated heterocycles. The van der Waals surface area contributed by atoms with Crippen LogP contribution in [-0.4, -0.2) is 30.7 Å². The van der Waals surface area contributed by atoms with Crippen LogP contribution in [-0.2, 0) is 0 Å². The van der Waals surface area contributed by atoms with E-state index in [0.29, 0.717) is 0 Å². The Kier molecular flexibility index (Phi) is 4.61. The van der Waals surface area contributed by atoms with E-state index in [1.165, 1.54) is 25.9 Å². The second-order valence-electron chi connectivity index (χ2n) is 2.75. The second kappa shape index (κ2) is 4.39. The maximum absolute atomic E-state index is 3.44. The molecule has 0 aromatic heterocycles. The van der Waals surface area contributed by atoms with Gasteiger partial charge in [0.25, 0.3) is 0 Å². The molecule has 0 spiro atoms. The Balaban J connectivity index is 0.000000405. The summed E-state index contributed by atoms with van der Waals surface area (Å²) in [6, 6.07) is 0.861. The average molecular weight is 185 g/mol. The van der Waals surface area contributed by atoms with Crippen LogP contribution in [0, 0.1) is 0 Å². The third-order valence-electron chi connectivity index (χ3n) is 2.19. The highest BCUT2D eigenvalue weighted by molar-refractivity contribution is 5.85. The molecule has 2 bridgehead atoms. The van der Waals surface area contributed by atoms with Gasteiger partial charge in [-0.25, -0.2) is 0 Å². The maximum atomic E-state index is 3.44. The molecule has 0 aromatic carbocycles. The first kappa shape index (κ1) is 10.5. The van der Waals surface area contributed by atoms with E-state index < -0.39 is 0 Å². The molecule has 0 amide bonds. The van der Waals surface area contributed by atoms with E-state index in [1.54, 1.807) is 0 Å². The zero-order chi connectivity index (χ0) is 5.40. The summed E-state index contributed by atoms with van der Waals surface area (Å²) < 4.78 is 0. The SMILES string of the molecule is C1CN2CCC1NC2.Cl.Cl. The van der Waals surface area contributed by atoms with E-state index in [9.17, 15) is 0 Å². The summed E-state index contributed by atoms with van der Waals surface area (Å²) in [6.07, 6.45) is 2.75. The van der Waals surface area contributed by atoms with Crippen LogP contribution in [0.15, 0.2) is 0 Å². The predicted octanol–water partition coefficient (Wildman–Crippen LogP) is 0.855. The van der Waals surface area contributed by atoms with Crippen LogP contribution in [0.25, 0.3) is 0 Å². The number of hydrogen-bond donors (Lipinski definition) is 1. The molecule has 0 saturated carbocycles. The first-order valence-electron chi connectivity index (χ1n) is 3.41. The quantitative estimate of drug-likeness (QED) is 0.602. The smallest absolute Gasteiger partial charge is 0.0482 e. The van der Waals surface area contributed by atoms with Crippen LogP contribution in [0.3, 0.4) is 0 Å². The number of nitrogens with zero attached hydrogens (tertiary/aromatic N) is 1. The highest BCUT2D eigenvalue weighted by atomic mass is 35.5. The molecule has 62 valence electrons. The van der Waals surface area contributed by atoms with Gasteiger partial charge in [0.1, 0.15) is 0 Å². The summed E-state index contributed by atoms with van der Waals surface area (Å²) in [6.45, 7) is 3.81. The van der Waals surface area contributed by atoms with Crippen molar-refractivity contribution in [3.05, 3.63) is 0 Å². The third kappa shape index (κ3) is 1.99. The largest absolute Gasteiger partial charge is 0.301 e. The van der Waals surface area contributed by atoms with Crippen LogP contribution >= 0.6 is 24.8 Å². The minimum Gasteiger partial charge on any atom is -0.301 e. The molecule has 0 radical (unpaired) electrons. The van der Waals surface area contributed by atoms with E-state index in [4.69, 9.17) is 0 Å². The average Bonchev–Trinajstić information content (AvgIpc) is 1.92. The summed E-state index contributed by atoms with van der Waals surface area (Å²) in [5.74, 6) is 0. The number of hydrogen-bond acceptors (Lipinski definition) is 2. The zero-order valence-electron chi connectivity index (χ0n) is 5.88. The molecule has 10 heavy (non-hydrogen) atoms. The summed E-state index contributed by atoms with van der Waals surface area (Å²) in [7, 11) is 0. The standard InChI is InChI=1S/C6H12N2.2ClH/c1-3-8-4-2-6(1)7-5-8;;/h6-7H,1-5H2;2*1H. The lowest BCUT2D eigenvalue weighted by atomic mass is 10.0. The summed E-state index contributed by atoms with van der Waals surface area (Å²) in [4.78, 5) is 2.47. The molecule has 3 aliphatic heterocycles. The Morgan fingerprint density at radius 2 is 1.70 bits per heavy atom. The Hall–Kier alpha value is 0.500. The molecule has 3 rings (SSSR count). The van der Waals surface area contributed by atoms with E-state index in [-0.39, 0.29) is 24.8 Å². The Bertz CT molecular complexity index is 68.7. The minimum absolute atomic E-state index is 0. The first-order valence-corrected chi connectivity index (χ1v) is 3.41. The molecule has 3 aliphatic rings. The molecule has 4 heteroatoms. The lowest BCUT2D eigenvalue weighted by Gasteiger charge is -2.39. The topological polar surface area (TPSA) is 15.3 Å². The number of nitrogens with one attached hydrogen (secondary N) is 1. The van der Waals surface area contributed by atoms with Gasteiger partial charge in [0, 0.05) is 25.8 Å². The molecule has 3 heterocycles. The Morgan fingerprint density at radius 3 is 1.80 bits per heavy atom. The molecule has 0 unspecified atom stereocenters. The summed E-state index contributed by atoms with van der Waals surface area (Å²) in [5.41, 5.74) is 0. The first-order chi connectivity index (χ1) is 3.95. The fraction of sp³-hybridized carbons (Fsp3) is 1.00. The van der Waals surface area contributed by atoms with Gasteiger partial charge >= 0.3 is 0 Å². The Labute approximate surface area is 74.2 Å². The summed E-state index contributed by atoms with van der Waals surface area (Å²) in [5, 5.41) is 3.44. The van der Waals surface area contributed by atoms with Crippen molar-refractivity contribution >= 4 is 24.8 Å². The number of fused-ring (bicyclic) bond motifs is 3. The molecule has 1 N–H and O–H groups in total. The summed E-state index contributed by atoms with van der Waals surface area (Å²) >= 11 is 0. The second-order valence-corrected chi connectivity index (χ2v) is 2.75. The molecule has 0 aliphatic carbocycles. The van der Waals surface area contributed by atoms with Crippen LogP contribution in [0.2, 0.25) is 0 Å². The van der Waals surface area contributed by atoms with E-state index in [2.05, 4.69) is 10.2 Å². The molecule has 2 nitrogen and oxygen atoms in total. The third-order valence-corrected chi connectivity index (χ3v) is 2.19. The van der Waals surface area contributed by atoms with Crippen molar-refractivity contribution in [1.82, 2.24) is 10.2 Å². The minimum atomic E-state index is 0. The number of halogens is 2. The fourth-order valence-corrected chi connectivity index (χ4v) is 1.55. The highest BCUT2D eigenvalue weighted by Gasteiger charge is 2.23. The van der Waals surface area contributed by atoms with Crippen molar-refractivity contribution in [3.63, 3.8) is 0 Å². The fourth-order valence-electron chi connectivity index (χ4n) is 1.55. The molecular weight excluding hydrogens is 171 g/mol. The highest BCUT2D eigenvalue weighted by Crippen LogP contribution is 2.13. The van der Waals surface area contributed by atoms with Crippen molar-refractivity contribution in [2.45, 2.75) is 18.9 Å². The van der Waals surface area contributed by atoms with Gasteiger partial charge in [0.15, 0.2) is 0 Å². The van der Waals surface area contributed by atoms with Crippen LogP contribution in [0.5, 0.6) is 0 Å². The van der Waals surface area contributed by atoms with Gasteiger partial charge in [-0.1, -0.05) is 0 Å². The van der Waals surface area contributed by atoms with Crippen molar-refractivity contribution in [3.8, 4) is 0 Å². The van der Waals surface area contributed by atoms with Gasteiger partial charge in [0.05, 0.1) is 0 Å². The van der Waals surface area contributed by atoms with E-state index in [1.807, 2.05) is 0 Å². The van der Waals surface area contributed by atoms with Crippen LogP contribution < -0.4 is 5.32 Å². The van der Waals surface area contributed by atoms with E-state index in [0.717, 1.165) is 12.7 Å². The van der Waals surface area contributed by atoms with Gasteiger partial charge in [-0.2, -0.15) is 0 Å². The van der Waals surface area contributed by atoms with Crippen molar-refractivity contribution in [1.29, 1.82) is 0 Å². The molecule has 0 atom stereocenters. The van der Waals surface area contributed by atoms with Crippen LogP contribution in [0.1, 0.15) is 12.8 Å². The van der Waals surface area contributed by atoms with Crippen molar-refractivity contribution in [2.24, 2.45) is 0 Å². The lowest BCUT2D eigenvalue weighted by Crippen LogP contribution is -2.54. The number of piperidine rings is 1. The van der Waals surface area contributed by atoms with Gasteiger partial charge in [0.2, 0.25) is 0 Å². The van der Waals surface area contributed by atoms with Gasteiger partial charge in [-0.05, 0) is 12.8 Å². The number of rotatable bonds is 0. The molecule has 3 fully saturated rings. The predicted molar refractivity (Wildman–Crippen MR) is 47.1 cm³/mol. The van der Waals surface area contributed by atoms with Gasteiger partial charge < -0.3 is 5.32 Å². The monoisotopic (exact) mass is 184 g/mol. The maximum Gasteiger partial charge on any atom is 0.0482 e. The normalized spacial score (nSPS) is 36.0. The van der Waals surface area contributed by atoms with Crippen molar-refractivity contribution in [2.75, 3.05) is 19.8 Å². The Morgan fingerprint density at radius 1 is 1.10 bits per heavy atom. The zero-order valence-corrected chi connectivity index (χ0v) is 7.51. The molecule has 0 aromatic rings.